The molecule has 0 saturated heterocycles. The van der Waals surface area contributed by atoms with Gasteiger partial charge in [0.2, 0.25) is 0 Å². The van der Waals surface area contributed by atoms with Gasteiger partial charge in [0, 0.05) is 11.6 Å². The van der Waals surface area contributed by atoms with E-state index in [-0.39, 0.29) is 0 Å². The lowest BCUT2D eigenvalue weighted by atomic mass is 10.1. The molecule has 1 aromatic carbocycles. The molecule has 0 radical (unpaired) electrons. The highest BCUT2D eigenvalue weighted by molar-refractivity contribution is 5.71. The zero-order chi connectivity index (χ0) is 10.1. The minimum Gasteiger partial charge on any atom is -0.462 e. The Morgan fingerprint density at radius 1 is 1.07 bits per heavy atom. The maximum atomic E-state index is 5.78. The van der Waals surface area contributed by atoms with Crippen LogP contribution in [-0.2, 0) is 0 Å². The lowest BCUT2D eigenvalue weighted by Gasteiger charge is -2.02. The molecule has 2 nitrogen and oxygen atoms in total. The average molecular weight is 187 g/mol. The molecule has 14 heavy (non-hydrogen) atoms. The normalized spacial score (nSPS) is 10.4. The molecule has 72 valence electrons. The molecule has 2 heteroatoms. The molecule has 2 N–H and O–H groups in total. The van der Waals surface area contributed by atoms with Crippen LogP contribution in [0.4, 0.5) is 5.69 Å². The van der Waals surface area contributed by atoms with Crippen LogP contribution in [0.3, 0.4) is 0 Å². The van der Waals surface area contributed by atoms with Crippen LogP contribution in [0.25, 0.3) is 11.3 Å². The summed E-state index contributed by atoms with van der Waals surface area (Å²) in [7, 11) is 0. The molecular formula is C12H13NO. The smallest absolute Gasteiger partial charge is 0.156 e. The van der Waals surface area contributed by atoms with E-state index in [9.17, 15) is 0 Å². The summed E-state index contributed by atoms with van der Waals surface area (Å²) >= 11 is 0. The molecule has 1 aromatic heterocycles. The summed E-state index contributed by atoms with van der Waals surface area (Å²) in [6.45, 7) is 4.13. The van der Waals surface area contributed by atoms with E-state index in [1.165, 1.54) is 11.1 Å². The van der Waals surface area contributed by atoms with Gasteiger partial charge in [-0.25, -0.2) is 0 Å². The second-order valence-corrected chi connectivity index (χ2v) is 3.58. The molecular weight excluding hydrogens is 174 g/mol. The van der Waals surface area contributed by atoms with Gasteiger partial charge in [0.25, 0.3) is 0 Å². The SMILES string of the molecule is Cc1cc(C)cc(-c2occc2N)c1. The van der Waals surface area contributed by atoms with Gasteiger partial charge in [0.15, 0.2) is 5.76 Å². The van der Waals surface area contributed by atoms with E-state index >= 15 is 0 Å². The van der Waals surface area contributed by atoms with Crippen molar-refractivity contribution < 1.29 is 4.42 Å². The maximum Gasteiger partial charge on any atom is 0.156 e. The molecule has 0 bridgehead atoms. The van der Waals surface area contributed by atoms with Crippen molar-refractivity contribution in [2.45, 2.75) is 13.8 Å². The van der Waals surface area contributed by atoms with Crippen molar-refractivity contribution >= 4 is 5.69 Å². The van der Waals surface area contributed by atoms with Crippen LogP contribution in [0.2, 0.25) is 0 Å². The Bertz CT molecular complexity index is 437. The number of rotatable bonds is 1. The van der Waals surface area contributed by atoms with Crippen LogP contribution >= 0.6 is 0 Å². The predicted octanol–water partition coefficient (Wildman–Crippen LogP) is 3.15. The zero-order valence-corrected chi connectivity index (χ0v) is 8.37. The fourth-order valence-electron chi connectivity index (χ4n) is 1.66. The zero-order valence-electron chi connectivity index (χ0n) is 8.37. The molecule has 0 fully saturated rings. The Balaban J connectivity index is 2.57. The van der Waals surface area contributed by atoms with Crippen LogP contribution in [0, 0.1) is 13.8 Å². The van der Waals surface area contributed by atoms with E-state index in [4.69, 9.17) is 10.2 Å². The van der Waals surface area contributed by atoms with Crippen molar-refractivity contribution in [2.75, 3.05) is 5.73 Å². The molecule has 2 aromatic rings. The number of hydrogen-bond acceptors (Lipinski definition) is 2. The molecule has 2 rings (SSSR count). The predicted molar refractivity (Wildman–Crippen MR) is 58.0 cm³/mol. The van der Waals surface area contributed by atoms with Crippen molar-refractivity contribution in [3.63, 3.8) is 0 Å². The van der Waals surface area contributed by atoms with Gasteiger partial charge >= 0.3 is 0 Å². The van der Waals surface area contributed by atoms with E-state index < -0.39 is 0 Å². The first kappa shape index (κ1) is 8.88. The number of nitrogens with two attached hydrogens (primary N) is 1. The van der Waals surface area contributed by atoms with Gasteiger partial charge in [-0.2, -0.15) is 0 Å². The van der Waals surface area contributed by atoms with Gasteiger partial charge in [-0.3, -0.25) is 0 Å². The quantitative estimate of drug-likeness (QED) is 0.744. The first-order valence-corrected chi connectivity index (χ1v) is 4.58. The summed E-state index contributed by atoms with van der Waals surface area (Å²) in [6.07, 6.45) is 1.61. The van der Waals surface area contributed by atoms with Crippen molar-refractivity contribution in [3.05, 3.63) is 41.7 Å². The van der Waals surface area contributed by atoms with Crippen LogP contribution in [0.5, 0.6) is 0 Å². The van der Waals surface area contributed by atoms with Crippen LogP contribution in [0.1, 0.15) is 11.1 Å². The summed E-state index contributed by atoms with van der Waals surface area (Å²) in [5.74, 6) is 0.761. The van der Waals surface area contributed by atoms with Crippen molar-refractivity contribution in [3.8, 4) is 11.3 Å². The number of anilines is 1. The highest BCUT2D eigenvalue weighted by atomic mass is 16.3. The Morgan fingerprint density at radius 2 is 1.71 bits per heavy atom. The van der Waals surface area contributed by atoms with Gasteiger partial charge in [0.05, 0.1) is 12.0 Å². The number of benzene rings is 1. The monoisotopic (exact) mass is 187 g/mol. The van der Waals surface area contributed by atoms with E-state index in [1.807, 2.05) is 0 Å². The molecule has 0 saturated carbocycles. The van der Waals surface area contributed by atoms with Gasteiger partial charge < -0.3 is 10.2 Å². The van der Waals surface area contributed by atoms with Crippen molar-refractivity contribution in [1.82, 2.24) is 0 Å². The van der Waals surface area contributed by atoms with E-state index in [0.29, 0.717) is 5.69 Å². The van der Waals surface area contributed by atoms with E-state index in [0.717, 1.165) is 11.3 Å². The maximum absolute atomic E-state index is 5.78. The lowest BCUT2D eigenvalue weighted by Crippen LogP contribution is -1.86. The lowest BCUT2D eigenvalue weighted by molar-refractivity contribution is 0.583. The highest BCUT2D eigenvalue weighted by Gasteiger charge is 2.06. The number of nitrogen functional groups attached to an aromatic ring is 1. The second kappa shape index (κ2) is 3.22. The fourth-order valence-corrected chi connectivity index (χ4v) is 1.66. The van der Waals surface area contributed by atoms with Gasteiger partial charge in [-0.05, 0) is 26.0 Å². The molecule has 0 aliphatic heterocycles. The van der Waals surface area contributed by atoms with Gasteiger partial charge in [-0.15, -0.1) is 0 Å². The standard InChI is InChI=1S/C12H13NO/c1-8-5-9(2)7-10(6-8)12-11(13)3-4-14-12/h3-7H,13H2,1-2H3. The first-order chi connectivity index (χ1) is 6.66. The Kier molecular flexibility index (Phi) is 2.04. The third kappa shape index (κ3) is 1.51. The van der Waals surface area contributed by atoms with Crippen molar-refractivity contribution in [2.24, 2.45) is 0 Å². The molecule has 0 spiro atoms. The van der Waals surface area contributed by atoms with Crippen LogP contribution in [-0.4, -0.2) is 0 Å². The Hall–Kier alpha value is -1.70. The molecule has 0 unspecified atom stereocenters. The summed E-state index contributed by atoms with van der Waals surface area (Å²) in [6, 6.07) is 8.04. The topological polar surface area (TPSA) is 39.2 Å². The minimum atomic E-state index is 0.690. The first-order valence-electron chi connectivity index (χ1n) is 4.58. The second-order valence-electron chi connectivity index (χ2n) is 3.58. The number of hydrogen-bond donors (Lipinski definition) is 1. The Labute approximate surface area is 83.4 Å². The Morgan fingerprint density at radius 3 is 2.21 bits per heavy atom. The molecule has 1 heterocycles. The van der Waals surface area contributed by atoms with Crippen molar-refractivity contribution in [1.29, 1.82) is 0 Å². The highest BCUT2D eigenvalue weighted by Crippen LogP contribution is 2.28. The minimum absolute atomic E-state index is 0.690. The number of furan rings is 1. The van der Waals surface area contributed by atoms with E-state index in [2.05, 4.69) is 32.0 Å². The third-order valence-corrected chi connectivity index (χ3v) is 2.18. The molecule has 0 aliphatic carbocycles. The summed E-state index contributed by atoms with van der Waals surface area (Å²) in [4.78, 5) is 0. The largest absolute Gasteiger partial charge is 0.462 e. The summed E-state index contributed by atoms with van der Waals surface area (Å²) in [5.41, 5.74) is 9.95. The number of aryl methyl sites for hydroxylation is 2. The van der Waals surface area contributed by atoms with Gasteiger partial charge in [0.1, 0.15) is 0 Å². The molecule has 0 aliphatic rings. The average Bonchev–Trinajstić information content (AvgIpc) is 2.49. The summed E-state index contributed by atoms with van der Waals surface area (Å²) in [5, 5.41) is 0. The van der Waals surface area contributed by atoms with Crippen LogP contribution in [0.15, 0.2) is 34.9 Å². The molecule has 0 amide bonds. The van der Waals surface area contributed by atoms with E-state index in [1.54, 1.807) is 12.3 Å². The fraction of sp³-hybridized carbons (Fsp3) is 0.167. The van der Waals surface area contributed by atoms with Gasteiger partial charge in [-0.1, -0.05) is 17.2 Å². The summed E-state index contributed by atoms with van der Waals surface area (Å²) < 4.78 is 5.34. The van der Waals surface area contributed by atoms with Crippen LogP contribution < -0.4 is 5.73 Å². The molecule has 0 atom stereocenters. The third-order valence-electron chi connectivity index (χ3n) is 2.18.